The molecule has 5 nitrogen and oxygen atoms in total. The number of sulfonamides is 1. The first-order valence-electron chi connectivity index (χ1n) is 6.96. The van der Waals surface area contributed by atoms with E-state index in [1.165, 1.54) is 18.2 Å². The lowest BCUT2D eigenvalue weighted by Gasteiger charge is -2.23. The first-order valence-corrected chi connectivity index (χ1v) is 9.20. The molecule has 1 heterocycles. The molecule has 2 aliphatic rings. The van der Waals surface area contributed by atoms with Gasteiger partial charge < -0.3 is 5.11 Å². The predicted octanol–water partition coefficient (Wildman–Crippen LogP) is 2.46. The number of nitrogens with zero attached hydrogens (tertiary/aromatic N) is 1. The molecule has 2 fully saturated rings. The smallest absolute Gasteiger partial charge is 0.311 e. The van der Waals surface area contributed by atoms with E-state index < -0.39 is 32.1 Å². The molecule has 22 heavy (non-hydrogen) atoms. The van der Waals surface area contributed by atoms with E-state index in [2.05, 4.69) is 15.9 Å². The molecule has 0 spiro atoms. The standard InChI is InChI=1S/C14H15BrFNO4S/c15-10-4-1-5-11(12(10)16)22(20,21)17-7-9-3-2-6-14(9,8-17)13(18)19/h1,4-5,9H,2-3,6-8H2,(H,18,19)/t9-,14+/m0/s1. The number of carbonyl (C=O) groups is 1. The van der Waals surface area contributed by atoms with Crippen LogP contribution in [0.2, 0.25) is 0 Å². The fourth-order valence-electron chi connectivity index (χ4n) is 3.60. The molecule has 1 aromatic rings. The Bertz CT molecular complexity index is 738. The average molecular weight is 392 g/mol. The molecule has 8 heteroatoms. The minimum absolute atomic E-state index is 0.0703. The normalized spacial score (nSPS) is 28.7. The topological polar surface area (TPSA) is 74.7 Å². The van der Waals surface area contributed by atoms with Gasteiger partial charge in [0.05, 0.1) is 9.89 Å². The van der Waals surface area contributed by atoms with Gasteiger partial charge in [0.25, 0.3) is 0 Å². The van der Waals surface area contributed by atoms with Gasteiger partial charge in [-0.3, -0.25) is 4.79 Å². The first kappa shape index (κ1) is 15.9. The minimum atomic E-state index is -4.04. The van der Waals surface area contributed by atoms with Gasteiger partial charge in [-0.1, -0.05) is 12.5 Å². The highest BCUT2D eigenvalue weighted by Crippen LogP contribution is 2.50. The lowest BCUT2D eigenvalue weighted by molar-refractivity contribution is -0.149. The van der Waals surface area contributed by atoms with E-state index in [0.29, 0.717) is 12.8 Å². The molecule has 1 saturated heterocycles. The van der Waals surface area contributed by atoms with Crippen molar-refractivity contribution in [3.05, 3.63) is 28.5 Å². The van der Waals surface area contributed by atoms with E-state index in [1.54, 1.807) is 0 Å². The number of hydrogen-bond acceptors (Lipinski definition) is 3. The molecular weight excluding hydrogens is 377 g/mol. The molecule has 1 saturated carbocycles. The van der Waals surface area contributed by atoms with E-state index >= 15 is 0 Å². The number of benzene rings is 1. The van der Waals surface area contributed by atoms with Gasteiger partial charge in [0, 0.05) is 13.1 Å². The highest BCUT2D eigenvalue weighted by molar-refractivity contribution is 9.10. The summed E-state index contributed by atoms with van der Waals surface area (Å²) in [5.74, 6) is -2.00. The van der Waals surface area contributed by atoms with Crippen molar-refractivity contribution in [2.45, 2.75) is 24.2 Å². The second-order valence-electron chi connectivity index (χ2n) is 5.90. The maximum atomic E-state index is 14.1. The minimum Gasteiger partial charge on any atom is -0.481 e. The third-order valence-electron chi connectivity index (χ3n) is 4.80. The first-order chi connectivity index (χ1) is 10.3. The number of fused-ring (bicyclic) bond motifs is 1. The fraction of sp³-hybridized carbons (Fsp3) is 0.500. The van der Waals surface area contributed by atoms with Crippen molar-refractivity contribution in [2.24, 2.45) is 11.3 Å². The van der Waals surface area contributed by atoms with Crippen molar-refractivity contribution in [1.29, 1.82) is 0 Å². The van der Waals surface area contributed by atoms with Crippen LogP contribution < -0.4 is 0 Å². The Balaban J connectivity index is 1.99. The summed E-state index contributed by atoms with van der Waals surface area (Å²) in [4.78, 5) is 11.2. The molecule has 0 radical (unpaired) electrons. The Kier molecular flexibility index (Phi) is 3.81. The molecule has 1 aromatic carbocycles. The highest BCUT2D eigenvalue weighted by atomic mass is 79.9. The van der Waals surface area contributed by atoms with Crippen molar-refractivity contribution in [3.63, 3.8) is 0 Å². The Morgan fingerprint density at radius 2 is 2.18 bits per heavy atom. The van der Waals surface area contributed by atoms with Gasteiger partial charge in [0.2, 0.25) is 10.0 Å². The zero-order valence-electron chi connectivity index (χ0n) is 11.6. The number of rotatable bonds is 3. The summed E-state index contributed by atoms with van der Waals surface area (Å²) >= 11 is 2.98. The van der Waals surface area contributed by atoms with Crippen LogP contribution in [-0.4, -0.2) is 36.9 Å². The third kappa shape index (κ3) is 2.19. The van der Waals surface area contributed by atoms with Crippen LogP contribution in [0.25, 0.3) is 0 Å². The van der Waals surface area contributed by atoms with Crippen molar-refractivity contribution >= 4 is 31.9 Å². The Morgan fingerprint density at radius 3 is 2.82 bits per heavy atom. The van der Waals surface area contributed by atoms with Gasteiger partial charge in [-0.25, -0.2) is 12.8 Å². The maximum absolute atomic E-state index is 14.1. The van der Waals surface area contributed by atoms with E-state index in [0.717, 1.165) is 10.7 Å². The van der Waals surface area contributed by atoms with Crippen LogP contribution in [0.1, 0.15) is 19.3 Å². The zero-order valence-corrected chi connectivity index (χ0v) is 14.0. The third-order valence-corrected chi connectivity index (χ3v) is 7.24. The monoisotopic (exact) mass is 391 g/mol. The molecule has 2 atom stereocenters. The summed E-state index contributed by atoms with van der Waals surface area (Å²) in [6, 6.07) is 4.08. The number of aliphatic carboxylic acids is 1. The summed E-state index contributed by atoms with van der Waals surface area (Å²) in [5, 5.41) is 9.52. The molecule has 0 amide bonds. The molecule has 3 rings (SSSR count). The van der Waals surface area contributed by atoms with E-state index in [-0.39, 0.29) is 23.5 Å². The van der Waals surface area contributed by atoms with Gasteiger partial charge in [0.1, 0.15) is 4.90 Å². The summed E-state index contributed by atoms with van der Waals surface area (Å²) in [6.07, 6.45) is 1.95. The molecule has 1 aliphatic heterocycles. The van der Waals surface area contributed by atoms with Gasteiger partial charge in [-0.15, -0.1) is 0 Å². The second kappa shape index (κ2) is 5.28. The van der Waals surface area contributed by atoms with Crippen LogP contribution in [0.4, 0.5) is 4.39 Å². The lowest BCUT2D eigenvalue weighted by atomic mass is 9.81. The van der Waals surface area contributed by atoms with Crippen LogP contribution in [0.5, 0.6) is 0 Å². The second-order valence-corrected chi connectivity index (χ2v) is 8.66. The number of carboxylic acids is 1. The molecule has 0 unspecified atom stereocenters. The van der Waals surface area contributed by atoms with Crippen molar-refractivity contribution < 1.29 is 22.7 Å². The van der Waals surface area contributed by atoms with Crippen LogP contribution >= 0.6 is 15.9 Å². The molecule has 0 aromatic heterocycles. The highest BCUT2D eigenvalue weighted by Gasteiger charge is 2.57. The molecule has 120 valence electrons. The molecule has 1 aliphatic carbocycles. The number of halogens is 2. The Hall–Kier alpha value is -0.990. The SMILES string of the molecule is O=C(O)[C@@]12CCC[C@H]1CN(S(=O)(=O)c1cccc(Br)c1F)C2. The van der Waals surface area contributed by atoms with Gasteiger partial charge in [0.15, 0.2) is 5.82 Å². The van der Waals surface area contributed by atoms with Crippen LogP contribution in [0, 0.1) is 17.2 Å². The molecular formula is C14H15BrFNO4S. The van der Waals surface area contributed by atoms with E-state index in [9.17, 15) is 22.7 Å². The van der Waals surface area contributed by atoms with E-state index in [4.69, 9.17) is 0 Å². The summed E-state index contributed by atoms with van der Waals surface area (Å²) in [7, 11) is -4.04. The van der Waals surface area contributed by atoms with Crippen LogP contribution in [0.15, 0.2) is 27.6 Å². The summed E-state index contributed by atoms with van der Waals surface area (Å²) < 4.78 is 40.7. The number of carboxylic acid groups (broad SMARTS) is 1. The number of hydrogen-bond donors (Lipinski definition) is 1. The Labute approximate surface area is 136 Å². The van der Waals surface area contributed by atoms with Crippen LogP contribution in [-0.2, 0) is 14.8 Å². The largest absolute Gasteiger partial charge is 0.481 e. The quantitative estimate of drug-likeness (QED) is 0.858. The van der Waals surface area contributed by atoms with Gasteiger partial charge in [-0.2, -0.15) is 4.31 Å². The van der Waals surface area contributed by atoms with Crippen molar-refractivity contribution in [1.82, 2.24) is 4.31 Å². The fourth-order valence-corrected chi connectivity index (χ4v) is 5.74. The average Bonchev–Trinajstić information content (AvgIpc) is 2.99. The Morgan fingerprint density at radius 1 is 1.45 bits per heavy atom. The molecule has 1 N–H and O–H groups in total. The lowest BCUT2D eigenvalue weighted by Crippen LogP contribution is -2.37. The summed E-state index contributed by atoms with van der Waals surface area (Å²) in [5.41, 5.74) is -1.02. The van der Waals surface area contributed by atoms with E-state index in [1.807, 2.05) is 0 Å². The predicted molar refractivity (Wildman–Crippen MR) is 80.3 cm³/mol. The van der Waals surface area contributed by atoms with Crippen LogP contribution in [0.3, 0.4) is 0 Å². The van der Waals surface area contributed by atoms with Gasteiger partial charge in [-0.05, 0) is 46.8 Å². The molecule has 0 bridgehead atoms. The van der Waals surface area contributed by atoms with Crippen molar-refractivity contribution in [2.75, 3.05) is 13.1 Å². The zero-order chi connectivity index (χ0) is 16.1. The van der Waals surface area contributed by atoms with Crippen molar-refractivity contribution in [3.8, 4) is 0 Å². The summed E-state index contributed by atoms with van der Waals surface area (Å²) in [6.45, 7) is 0.0574. The van der Waals surface area contributed by atoms with Gasteiger partial charge >= 0.3 is 5.97 Å². The maximum Gasteiger partial charge on any atom is 0.311 e.